The number of rotatable bonds is 2. The Hall–Kier alpha value is -0.240. The van der Waals surface area contributed by atoms with Gasteiger partial charge in [0.15, 0.2) is 6.29 Å². The molecule has 0 unspecified atom stereocenters. The van der Waals surface area contributed by atoms with E-state index in [2.05, 4.69) is 4.74 Å². The maximum Gasteiger partial charge on any atom is 0.186 e. The van der Waals surface area contributed by atoms with Crippen molar-refractivity contribution < 1.29 is 34.0 Å². The molecule has 4 N–H and O–H groups in total. The van der Waals surface area contributed by atoms with Gasteiger partial charge < -0.3 is 29.9 Å². The molecule has 6 nitrogen and oxygen atoms in total. The highest BCUT2D eigenvalue weighted by molar-refractivity contribution is 4.88. The maximum atomic E-state index is 9.39. The van der Waals surface area contributed by atoms with Crippen LogP contribution in [0.15, 0.2) is 0 Å². The molecule has 0 aromatic rings. The molecule has 1 saturated heterocycles. The molecular formula is C7H14O6. The van der Waals surface area contributed by atoms with Crippen LogP contribution in [0.2, 0.25) is 0 Å². The smallest absolute Gasteiger partial charge is 0.186 e. The fourth-order valence-electron chi connectivity index (χ4n) is 1.16. The minimum Gasteiger partial charge on any atom is -0.394 e. The van der Waals surface area contributed by atoms with E-state index in [0.29, 0.717) is 0 Å². The second kappa shape index (κ2) is 4.32. The Kier molecular flexibility index (Phi) is 2.36. The Labute approximate surface area is 79.5 Å². The Balaban J connectivity index is 2.71. The lowest BCUT2D eigenvalue weighted by molar-refractivity contribution is -0.294. The highest BCUT2D eigenvalue weighted by Gasteiger charge is 2.43. The molecule has 0 bridgehead atoms. The van der Waals surface area contributed by atoms with Gasteiger partial charge in [0.2, 0.25) is 0 Å². The van der Waals surface area contributed by atoms with Crippen molar-refractivity contribution >= 4 is 0 Å². The highest BCUT2D eigenvalue weighted by atomic mass is 16.7. The molecule has 1 rings (SSSR count). The lowest BCUT2D eigenvalue weighted by Gasteiger charge is -2.38. The van der Waals surface area contributed by atoms with Crippen molar-refractivity contribution in [2.24, 2.45) is 0 Å². The Morgan fingerprint density at radius 3 is 2.54 bits per heavy atom. The molecule has 1 heterocycles. The van der Waals surface area contributed by atoms with Crippen LogP contribution in [0.3, 0.4) is 0 Å². The van der Waals surface area contributed by atoms with Crippen molar-refractivity contribution in [3.8, 4) is 0 Å². The van der Waals surface area contributed by atoms with Crippen LogP contribution >= 0.6 is 0 Å². The van der Waals surface area contributed by atoms with Gasteiger partial charge in [-0.25, -0.2) is 0 Å². The fourth-order valence-corrected chi connectivity index (χ4v) is 1.16. The third-order valence-electron chi connectivity index (χ3n) is 1.96. The third-order valence-corrected chi connectivity index (χ3v) is 1.96. The summed E-state index contributed by atoms with van der Waals surface area (Å²) in [6, 6.07) is 0. The second-order valence-electron chi connectivity index (χ2n) is 2.82. The zero-order chi connectivity index (χ0) is 12.5. The van der Waals surface area contributed by atoms with Gasteiger partial charge in [-0.05, 0) is 0 Å². The lowest BCUT2D eigenvalue weighted by atomic mass is 9.99. The van der Waals surface area contributed by atoms with E-state index < -0.39 is 44.4 Å². The van der Waals surface area contributed by atoms with Crippen molar-refractivity contribution in [1.29, 1.82) is 0 Å². The van der Waals surface area contributed by atoms with Gasteiger partial charge in [-0.15, -0.1) is 0 Å². The van der Waals surface area contributed by atoms with E-state index in [1.165, 1.54) is 0 Å². The standard InChI is InChI=1S/C7H14O6/c1-12-7-6(11)5(10)4(9)3(2-8)13-7/h3-11H,2H2,1H3/t3-,4-,5+,6-,7-/m1/s1/i1D3. The van der Waals surface area contributed by atoms with E-state index in [-0.39, 0.29) is 0 Å². The average Bonchev–Trinajstić information content (AvgIpc) is 2.17. The second-order valence-corrected chi connectivity index (χ2v) is 2.82. The number of hydrogen-bond acceptors (Lipinski definition) is 6. The van der Waals surface area contributed by atoms with Crippen LogP contribution in [0, 0.1) is 0 Å². The SMILES string of the molecule is [2H]C([2H])([2H])O[C@@H]1O[C@H](CO)[C@@H](O)[C@H](O)[C@H]1O. The summed E-state index contributed by atoms with van der Waals surface area (Å²) >= 11 is 0. The first-order valence-electron chi connectivity index (χ1n) is 5.24. The van der Waals surface area contributed by atoms with E-state index in [4.69, 9.17) is 14.0 Å². The number of aliphatic hydroxyl groups is 4. The summed E-state index contributed by atoms with van der Waals surface area (Å²) in [7, 11) is -2.81. The van der Waals surface area contributed by atoms with Gasteiger partial charge in [0.1, 0.15) is 24.4 Å². The van der Waals surface area contributed by atoms with E-state index in [0.717, 1.165) is 0 Å². The van der Waals surface area contributed by atoms with Crippen molar-refractivity contribution in [3.63, 3.8) is 0 Å². The molecule has 0 spiro atoms. The molecule has 0 aliphatic carbocycles. The predicted octanol–water partition coefficient (Wildman–Crippen LogP) is -2.57. The van der Waals surface area contributed by atoms with Crippen molar-refractivity contribution in [1.82, 2.24) is 0 Å². The van der Waals surface area contributed by atoms with Crippen molar-refractivity contribution in [3.05, 3.63) is 0 Å². The quantitative estimate of drug-likeness (QED) is 0.388. The fraction of sp³-hybridized carbons (Fsp3) is 1.00. The molecule has 5 atom stereocenters. The summed E-state index contributed by atoms with van der Waals surface area (Å²) < 4.78 is 29.6. The molecule has 13 heavy (non-hydrogen) atoms. The number of aliphatic hydroxyl groups excluding tert-OH is 4. The monoisotopic (exact) mass is 197 g/mol. The van der Waals surface area contributed by atoms with E-state index >= 15 is 0 Å². The zero-order valence-corrected chi connectivity index (χ0v) is 6.70. The van der Waals surface area contributed by atoms with Crippen LogP contribution < -0.4 is 0 Å². The maximum absolute atomic E-state index is 9.39. The topological polar surface area (TPSA) is 99.4 Å². The molecule has 6 heteroatoms. The number of methoxy groups -OCH3 is 1. The summed E-state index contributed by atoms with van der Waals surface area (Å²) in [6.07, 6.45) is -7.67. The third kappa shape index (κ3) is 1.98. The Morgan fingerprint density at radius 2 is 2.00 bits per heavy atom. The molecule has 0 aromatic carbocycles. The summed E-state index contributed by atoms with van der Waals surface area (Å²) in [5.74, 6) is 0. The number of ether oxygens (including phenoxy) is 2. The van der Waals surface area contributed by atoms with Gasteiger partial charge in [-0.3, -0.25) is 0 Å². The van der Waals surface area contributed by atoms with Gasteiger partial charge in [0, 0.05) is 7.04 Å². The zero-order valence-electron chi connectivity index (χ0n) is 9.70. The Morgan fingerprint density at radius 1 is 1.31 bits per heavy atom. The molecular weight excluding hydrogens is 180 g/mol. The van der Waals surface area contributed by atoms with Gasteiger partial charge in [0.25, 0.3) is 0 Å². The predicted molar refractivity (Wildman–Crippen MR) is 40.8 cm³/mol. The van der Waals surface area contributed by atoms with Crippen LogP contribution in [0.1, 0.15) is 4.11 Å². The molecule has 78 valence electrons. The van der Waals surface area contributed by atoms with Gasteiger partial charge in [-0.2, -0.15) is 0 Å². The van der Waals surface area contributed by atoms with Crippen LogP contribution in [0.25, 0.3) is 0 Å². The summed E-state index contributed by atoms with van der Waals surface area (Å²) in [6.45, 7) is -0.633. The van der Waals surface area contributed by atoms with Crippen LogP contribution in [0.4, 0.5) is 0 Å². The Bertz CT molecular complexity index is 233. The number of hydrogen-bond donors (Lipinski definition) is 4. The van der Waals surface area contributed by atoms with Gasteiger partial charge in [-0.1, -0.05) is 0 Å². The van der Waals surface area contributed by atoms with E-state index in [9.17, 15) is 15.3 Å². The minimum atomic E-state index is -2.81. The van der Waals surface area contributed by atoms with Crippen LogP contribution in [-0.4, -0.2) is 64.8 Å². The first-order valence-corrected chi connectivity index (χ1v) is 3.74. The molecule has 1 fully saturated rings. The van der Waals surface area contributed by atoms with Gasteiger partial charge >= 0.3 is 0 Å². The van der Waals surface area contributed by atoms with E-state index in [1.807, 2.05) is 0 Å². The first kappa shape index (κ1) is 7.10. The summed E-state index contributed by atoms with van der Waals surface area (Å²) in [5.41, 5.74) is 0. The largest absolute Gasteiger partial charge is 0.394 e. The lowest BCUT2D eigenvalue weighted by Crippen LogP contribution is -2.58. The average molecular weight is 197 g/mol. The van der Waals surface area contributed by atoms with Crippen molar-refractivity contribution in [2.75, 3.05) is 13.6 Å². The highest BCUT2D eigenvalue weighted by Crippen LogP contribution is 2.20. The van der Waals surface area contributed by atoms with Gasteiger partial charge in [0.05, 0.1) is 10.7 Å². The van der Waals surface area contributed by atoms with Crippen LogP contribution in [-0.2, 0) is 9.47 Å². The molecule has 0 amide bonds. The normalized spacial score (nSPS) is 50.8. The first-order chi connectivity index (χ1) is 7.26. The van der Waals surface area contributed by atoms with Crippen molar-refractivity contribution in [2.45, 2.75) is 30.7 Å². The molecule has 1 aliphatic heterocycles. The minimum absolute atomic E-state index is 0.633. The molecule has 0 radical (unpaired) electrons. The summed E-state index contributed by atoms with van der Waals surface area (Å²) in [5, 5.41) is 36.9. The van der Waals surface area contributed by atoms with E-state index in [1.54, 1.807) is 0 Å². The molecule has 0 aromatic heterocycles. The van der Waals surface area contributed by atoms with Crippen LogP contribution in [0.5, 0.6) is 0 Å². The molecule has 0 saturated carbocycles. The molecule has 1 aliphatic rings. The summed E-state index contributed by atoms with van der Waals surface area (Å²) in [4.78, 5) is 0.